The van der Waals surface area contributed by atoms with E-state index in [1.165, 1.54) is 0 Å². The van der Waals surface area contributed by atoms with Gasteiger partial charge >= 0.3 is 5.97 Å². The molecule has 0 saturated carbocycles. The van der Waals surface area contributed by atoms with Gasteiger partial charge in [0, 0.05) is 19.7 Å². The summed E-state index contributed by atoms with van der Waals surface area (Å²) in [6.45, 7) is 5.56. The molecule has 0 radical (unpaired) electrons. The number of aliphatic hydroxyl groups excluding tert-OH is 1. The number of hydrogen-bond acceptors (Lipinski definition) is 4. The van der Waals surface area contributed by atoms with Gasteiger partial charge in [-0.3, -0.25) is 4.79 Å². The topological polar surface area (TPSA) is 49.8 Å². The number of rotatable bonds is 7. The monoisotopic (exact) mass is 229 g/mol. The highest BCUT2D eigenvalue weighted by atomic mass is 16.5. The third-order valence-electron chi connectivity index (χ3n) is 3.02. The second-order valence-electron chi connectivity index (χ2n) is 4.46. The van der Waals surface area contributed by atoms with Crippen LogP contribution in [-0.4, -0.2) is 48.8 Å². The van der Waals surface area contributed by atoms with Crippen molar-refractivity contribution in [3.63, 3.8) is 0 Å². The lowest BCUT2D eigenvalue weighted by molar-refractivity contribution is -0.144. The quantitative estimate of drug-likeness (QED) is 0.523. The van der Waals surface area contributed by atoms with E-state index in [2.05, 4.69) is 11.8 Å². The van der Waals surface area contributed by atoms with Gasteiger partial charge in [0.1, 0.15) is 0 Å². The predicted molar refractivity (Wildman–Crippen MR) is 62.1 cm³/mol. The number of carbonyl (C=O) groups is 1. The number of aliphatic hydroxyl groups is 1. The van der Waals surface area contributed by atoms with E-state index >= 15 is 0 Å². The fourth-order valence-corrected chi connectivity index (χ4v) is 1.92. The first-order chi connectivity index (χ1) is 7.76. The van der Waals surface area contributed by atoms with Crippen molar-refractivity contribution in [1.82, 2.24) is 4.90 Å². The van der Waals surface area contributed by atoms with Gasteiger partial charge in [-0.25, -0.2) is 0 Å². The van der Waals surface area contributed by atoms with Crippen molar-refractivity contribution in [1.29, 1.82) is 0 Å². The Morgan fingerprint density at radius 1 is 1.56 bits per heavy atom. The van der Waals surface area contributed by atoms with Crippen LogP contribution in [0.1, 0.15) is 32.6 Å². The van der Waals surface area contributed by atoms with E-state index in [-0.39, 0.29) is 12.6 Å². The van der Waals surface area contributed by atoms with Gasteiger partial charge in [0.2, 0.25) is 0 Å². The van der Waals surface area contributed by atoms with E-state index in [9.17, 15) is 4.79 Å². The molecule has 0 aromatic rings. The largest absolute Gasteiger partial charge is 0.466 e. The zero-order valence-electron chi connectivity index (χ0n) is 10.2. The summed E-state index contributed by atoms with van der Waals surface area (Å²) in [5, 5.41) is 8.99. The lowest BCUT2D eigenvalue weighted by atomic mass is 10.1. The van der Waals surface area contributed by atoms with Crippen molar-refractivity contribution in [2.24, 2.45) is 5.92 Å². The molecule has 0 aliphatic carbocycles. The standard InChI is InChI=1S/C12H23NO3/c1-2-3-8-16-12(15)5-7-13-6-4-11(9-13)10-14/h11,14H,2-10H2,1H3. The molecular weight excluding hydrogens is 206 g/mol. The number of hydrogen-bond donors (Lipinski definition) is 1. The third-order valence-corrected chi connectivity index (χ3v) is 3.02. The highest BCUT2D eigenvalue weighted by Crippen LogP contribution is 2.15. The summed E-state index contributed by atoms with van der Waals surface area (Å²) < 4.78 is 5.08. The van der Waals surface area contributed by atoms with Gasteiger partial charge in [0.25, 0.3) is 0 Å². The van der Waals surface area contributed by atoms with Gasteiger partial charge in [-0.05, 0) is 25.3 Å². The molecule has 4 heteroatoms. The van der Waals surface area contributed by atoms with Crippen molar-refractivity contribution >= 4 is 5.97 Å². The maximum Gasteiger partial charge on any atom is 0.307 e. The lowest BCUT2D eigenvalue weighted by Gasteiger charge is -2.14. The van der Waals surface area contributed by atoms with Crippen molar-refractivity contribution in [2.45, 2.75) is 32.6 Å². The van der Waals surface area contributed by atoms with E-state index in [1.54, 1.807) is 0 Å². The number of unbranched alkanes of at least 4 members (excludes halogenated alkanes) is 1. The van der Waals surface area contributed by atoms with Crippen LogP contribution in [-0.2, 0) is 9.53 Å². The predicted octanol–water partition coefficient (Wildman–Crippen LogP) is 1.03. The summed E-state index contributed by atoms with van der Waals surface area (Å²) in [5.74, 6) is 0.303. The van der Waals surface area contributed by atoms with Crippen LogP contribution in [0.5, 0.6) is 0 Å². The van der Waals surface area contributed by atoms with Crippen LogP contribution >= 0.6 is 0 Å². The molecule has 1 aliphatic heterocycles. The van der Waals surface area contributed by atoms with Crippen LogP contribution in [0.25, 0.3) is 0 Å². The minimum atomic E-state index is -0.0964. The van der Waals surface area contributed by atoms with Crippen LogP contribution in [0.2, 0.25) is 0 Å². The average molecular weight is 229 g/mol. The Labute approximate surface area is 97.6 Å². The van der Waals surface area contributed by atoms with Gasteiger partial charge in [0.15, 0.2) is 0 Å². The molecule has 1 heterocycles. The number of esters is 1. The first-order valence-electron chi connectivity index (χ1n) is 6.25. The molecule has 0 spiro atoms. The lowest BCUT2D eigenvalue weighted by Crippen LogP contribution is -2.25. The van der Waals surface area contributed by atoms with E-state index in [0.29, 0.717) is 18.9 Å². The van der Waals surface area contributed by atoms with Crippen LogP contribution in [0, 0.1) is 5.92 Å². The number of nitrogens with zero attached hydrogens (tertiary/aromatic N) is 1. The van der Waals surface area contributed by atoms with E-state index in [1.807, 2.05) is 0 Å². The summed E-state index contributed by atoms with van der Waals surface area (Å²) in [5.41, 5.74) is 0. The molecule has 1 rings (SSSR count). The molecule has 1 atom stereocenters. The molecule has 1 unspecified atom stereocenters. The first kappa shape index (κ1) is 13.5. The van der Waals surface area contributed by atoms with Crippen LogP contribution in [0.4, 0.5) is 0 Å². The van der Waals surface area contributed by atoms with Crippen molar-refractivity contribution < 1.29 is 14.6 Å². The van der Waals surface area contributed by atoms with Gasteiger partial charge in [-0.2, -0.15) is 0 Å². The minimum absolute atomic E-state index is 0.0964. The van der Waals surface area contributed by atoms with Crippen LogP contribution < -0.4 is 0 Å². The van der Waals surface area contributed by atoms with Gasteiger partial charge in [-0.15, -0.1) is 0 Å². The fraction of sp³-hybridized carbons (Fsp3) is 0.917. The Hall–Kier alpha value is -0.610. The van der Waals surface area contributed by atoms with E-state index < -0.39 is 0 Å². The Morgan fingerprint density at radius 3 is 3.00 bits per heavy atom. The second kappa shape index (κ2) is 7.63. The Kier molecular flexibility index (Phi) is 6.42. The summed E-state index contributed by atoms with van der Waals surface area (Å²) in [7, 11) is 0. The first-order valence-corrected chi connectivity index (χ1v) is 6.25. The smallest absolute Gasteiger partial charge is 0.307 e. The Balaban J connectivity index is 2.04. The fourth-order valence-electron chi connectivity index (χ4n) is 1.92. The average Bonchev–Trinajstić information content (AvgIpc) is 2.74. The minimum Gasteiger partial charge on any atom is -0.466 e. The number of ether oxygens (including phenoxy) is 1. The zero-order chi connectivity index (χ0) is 11.8. The molecule has 0 bridgehead atoms. The normalized spacial score (nSPS) is 21.2. The molecular formula is C12H23NO3. The molecule has 4 nitrogen and oxygen atoms in total. The molecule has 1 N–H and O–H groups in total. The second-order valence-corrected chi connectivity index (χ2v) is 4.46. The summed E-state index contributed by atoms with van der Waals surface area (Å²) >= 11 is 0. The Morgan fingerprint density at radius 2 is 2.38 bits per heavy atom. The van der Waals surface area contributed by atoms with Crippen molar-refractivity contribution in [3.8, 4) is 0 Å². The maximum absolute atomic E-state index is 11.3. The van der Waals surface area contributed by atoms with Gasteiger partial charge < -0.3 is 14.7 Å². The van der Waals surface area contributed by atoms with Crippen LogP contribution in [0.3, 0.4) is 0 Å². The summed E-state index contributed by atoms with van der Waals surface area (Å²) in [6.07, 6.45) is 3.52. The SMILES string of the molecule is CCCCOC(=O)CCN1CCC(CO)C1. The van der Waals surface area contributed by atoms with Crippen molar-refractivity contribution in [3.05, 3.63) is 0 Å². The molecule has 94 valence electrons. The molecule has 0 aromatic carbocycles. The van der Waals surface area contributed by atoms with Crippen molar-refractivity contribution in [2.75, 3.05) is 32.8 Å². The third kappa shape index (κ3) is 4.94. The Bertz CT molecular complexity index is 208. The van der Waals surface area contributed by atoms with Gasteiger partial charge in [0.05, 0.1) is 13.0 Å². The highest BCUT2D eigenvalue weighted by molar-refractivity contribution is 5.69. The zero-order valence-corrected chi connectivity index (χ0v) is 10.2. The van der Waals surface area contributed by atoms with Crippen LogP contribution in [0.15, 0.2) is 0 Å². The van der Waals surface area contributed by atoms with Gasteiger partial charge in [-0.1, -0.05) is 13.3 Å². The molecule has 0 amide bonds. The maximum atomic E-state index is 11.3. The summed E-state index contributed by atoms with van der Waals surface area (Å²) in [6, 6.07) is 0. The molecule has 0 aromatic heterocycles. The highest BCUT2D eigenvalue weighted by Gasteiger charge is 2.21. The molecule has 1 aliphatic rings. The number of carbonyl (C=O) groups excluding carboxylic acids is 1. The number of likely N-dealkylation sites (tertiary alicyclic amines) is 1. The molecule has 16 heavy (non-hydrogen) atoms. The van der Waals surface area contributed by atoms with E-state index in [0.717, 1.165) is 38.9 Å². The summed E-state index contributed by atoms with van der Waals surface area (Å²) in [4.78, 5) is 13.6. The van der Waals surface area contributed by atoms with E-state index in [4.69, 9.17) is 9.84 Å². The molecule has 1 saturated heterocycles. The molecule has 1 fully saturated rings.